The van der Waals surface area contributed by atoms with Gasteiger partial charge in [0.2, 0.25) is 0 Å². The zero-order valence-corrected chi connectivity index (χ0v) is 17.3. The Hall–Kier alpha value is -2.83. The molecular weight excluding hydrogens is 425 g/mol. The first-order valence-corrected chi connectivity index (χ1v) is 10.8. The Labute approximate surface area is 180 Å². The van der Waals surface area contributed by atoms with E-state index in [0.717, 1.165) is 48.1 Å². The van der Waals surface area contributed by atoms with Gasteiger partial charge in [0, 0.05) is 11.1 Å². The number of phenols is 1. The molecule has 0 unspecified atom stereocenters. The fourth-order valence-corrected chi connectivity index (χ4v) is 5.64. The number of nitrogens with one attached hydrogen (secondary N) is 1. The second-order valence-corrected chi connectivity index (χ2v) is 9.07. The standard InChI is InChI=1S/C23H17ClFNO3S/c24-21-17(15-9-8-11-4-1-2-7-14(11)19(15)27)18-20(28)16(22(29)26-23(18)30-21)12-5-3-6-13(25)10-12/h3,5-6,8-10,27H,1-2,4,7H2,(H2,26,28,29). The molecule has 0 saturated heterocycles. The predicted octanol–water partition coefficient (Wildman–Crippen LogP) is 6.01. The van der Waals surface area contributed by atoms with Crippen LogP contribution in [0.15, 0.2) is 41.2 Å². The number of H-pyrrole nitrogens is 1. The predicted molar refractivity (Wildman–Crippen MR) is 118 cm³/mol. The lowest BCUT2D eigenvalue weighted by atomic mass is 9.88. The van der Waals surface area contributed by atoms with Gasteiger partial charge in [-0.05, 0) is 54.5 Å². The van der Waals surface area contributed by atoms with Gasteiger partial charge in [0.1, 0.15) is 26.5 Å². The Morgan fingerprint density at radius 3 is 2.63 bits per heavy atom. The largest absolute Gasteiger partial charge is 0.507 e. The molecule has 4 nitrogen and oxygen atoms in total. The topological polar surface area (TPSA) is 73.3 Å². The molecule has 3 N–H and O–H groups in total. The number of aromatic nitrogens is 1. The lowest BCUT2D eigenvalue weighted by molar-refractivity contribution is 0.464. The van der Waals surface area contributed by atoms with Crippen LogP contribution in [-0.4, -0.2) is 15.2 Å². The van der Waals surface area contributed by atoms with Crippen molar-refractivity contribution in [2.75, 3.05) is 0 Å². The van der Waals surface area contributed by atoms with Crippen molar-refractivity contribution < 1.29 is 14.6 Å². The molecule has 5 rings (SSSR count). The van der Waals surface area contributed by atoms with Crippen LogP contribution >= 0.6 is 22.9 Å². The molecular formula is C23H17ClFNO3S. The van der Waals surface area contributed by atoms with E-state index in [0.29, 0.717) is 25.7 Å². The molecule has 0 atom stereocenters. The quantitative estimate of drug-likeness (QED) is 0.357. The molecule has 0 fully saturated rings. The fourth-order valence-electron chi connectivity index (χ4n) is 4.28. The first-order valence-electron chi connectivity index (χ1n) is 9.63. The highest BCUT2D eigenvalue weighted by molar-refractivity contribution is 7.23. The van der Waals surface area contributed by atoms with Gasteiger partial charge >= 0.3 is 0 Å². The van der Waals surface area contributed by atoms with E-state index in [1.54, 1.807) is 12.1 Å². The zero-order valence-electron chi connectivity index (χ0n) is 15.8. The number of aromatic amines is 1. The molecule has 152 valence electrons. The highest BCUT2D eigenvalue weighted by Crippen LogP contribution is 2.50. The van der Waals surface area contributed by atoms with Crippen molar-refractivity contribution in [2.24, 2.45) is 0 Å². The molecule has 2 heterocycles. The molecule has 4 aromatic rings. The average Bonchev–Trinajstić information content (AvgIpc) is 3.04. The summed E-state index contributed by atoms with van der Waals surface area (Å²) in [4.78, 5) is 15.8. The number of hydrogen-bond donors (Lipinski definition) is 3. The van der Waals surface area contributed by atoms with Crippen LogP contribution in [0.5, 0.6) is 11.5 Å². The van der Waals surface area contributed by atoms with E-state index in [1.807, 2.05) is 6.07 Å². The van der Waals surface area contributed by atoms with Gasteiger partial charge in [0.15, 0.2) is 0 Å². The fraction of sp³-hybridized carbons (Fsp3) is 0.174. The normalized spacial score (nSPS) is 13.5. The average molecular weight is 442 g/mol. The van der Waals surface area contributed by atoms with Crippen molar-refractivity contribution in [1.29, 1.82) is 0 Å². The van der Waals surface area contributed by atoms with Crippen molar-refractivity contribution in [2.45, 2.75) is 25.7 Å². The number of aromatic hydroxyl groups is 2. The molecule has 30 heavy (non-hydrogen) atoms. The number of aryl methyl sites for hydroxylation is 1. The summed E-state index contributed by atoms with van der Waals surface area (Å²) in [6.07, 6.45) is 3.80. The summed E-state index contributed by atoms with van der Waals surface area (Å²) in [7, 11) is 0. The second-order valence-electron chi connectivity index (χ2n) is 7.45. The lowest BCUT2D eigenvalue weighted by Crippen LogP contribution is -2.08. The molecule has 2 aromatic heterocycles. The van der Waals surface area contributed by atoms with E-state index in [2.05, 4.69) is 4.98 Å². The Morgan fingerprint density at radius 1 is 1.03 bits per heavy atom. The van der Waals surface area contributed by atoms with Crippen molar-refractivity contribution in [3.63, 3.8) is 0 Å². The minimum absolute atomic E-state index is 0.0323. The Morgan fingerprint density at radius 2 is 1.83 bits per heavy atom. The monoisotopic (exact) mass is 441 g/mol. The summed E-state index contributed by atoms with van der Waals surface area (Å²) < 4.78 is 14.1. The highest BCUT2D eigenvalue weighted by Gasteiger charge is 2.25. The molecule has 0 amide bonds. The van der Waals surface area contributed by atoms with Crippen molar-refractivity contribution in [1.82, 2.24) is 4.98 Å². The summed E-state index contributed by atoms with van der Waals surface area (Å²) in [5.74, 6) is -0.636. The van der Waals surface area contributed by atoms with Gasteiger partial charge in [-0.25, -0.2) is 4.39 Å². The van der Waals surface area contributed by atoms with Crippen LogP contribution in [0.2, 0.25) is 4.34 Å². The van der Waals surface area contributed by atoms with E-state index in [1.165, 1.54) is 18.2 Å². The van der Waals surface area contributed by atoms with Gasteiger partial charge in [-0.15, -0.1) is 11.3 Å². The second kappa shape index (κ2) is 7.15. The number of phenolic OH excluding ortho intramolecular Hbond substituents is 1. The maximum atomic E-state index is 13.7. The van der Waals surface area contributed by atoms with E-state index in [9.17, 15) is 19.4 Å². The summed E-state index contributed by atoms with van der Waals surface area (Å²) in [6, 6.07) is 9.29. The minimum atomic E-state index is -0.537. The number of hydrogen-bond acceptors (Lipinski definition) is 4. The van der Waals surface area contributed by atoms with E-state index >= 15 is 0 Å². The molecule has 0 spiro atoms. The number of halogens is 2. The smallest absolute Gasteiger partial charge is 0.260 e. The zero-order chi connectivity index (χ0) is 21.0. The third-order valence-corrected chi connectivity index (χ3v) is 6.99. The van der Waals surface area contributed by atoms with Crippen molar-refractivity contribution in [3.8, 4) is 33.8 Å². The van der Waals surface area contributed by atoms with Gasteiger partial charge in [-0.3, -0.25) is 4.79 Å². The van der Waals surface area contributed by atoms with Crippen molar-refractivity contribution >= 4 is 33.2 Å². The van der Waals surface area contributed by atoms with Crippen molar-refractivity contribution in [3.05, 3.63) is 68.0 Å². The summed E-state index contributed by atoms with van der Waals surface area (Å²) in [6.45, 7) is 0. The lowest BCUT2D eigenvalue weighted by Gasteiger charge is -2.19. The van der Waals surface area contributed by atoms with E-state index in [-0.39, 0.29) is 22.6 Å². The van der Waals surface area contributed by atoms with Crippen LogP contribution in [0, 0.1) is 5.82 Å². The maximum absolute atomic E-state index is 13.7. The molecule has 7 heteroatoms. The summed E-state index contributed by atoms with van der Waals surface area (Å²) in [5.41, 5.74) is 2.70. The van der Waals surface area contributed by atoms with Crippen LogP contribution < -0.4 is 5.56 Å². The van der Waals surface area contributed by atoms with Gasteiger partial charge in [0.05, 0.1) is 10.9 Å². The number of rotatable bonds is 2. The first kappa shape index (κ1) is 19.2. The minimum Gasteiger partial charge on any atom is -0.507 e. The summed E-state index contributed by atoms with van der Waals surface area (Å²) in [5, 5.41) is 22.4. The van der Waals surface area contributed by atoms with Crippen LogP contribution in [0.3, 0.4) is 0 Å². The van der Waals surface area contributed by atoms with Crippen LogP contribution in [-0.2, 0) is 12.8 Å². The molecule has 1 aliphatic carbocycles. The number of fused-ring (bicyclic) bond motifs is 2. The maximum Gasteiger partial charge on any atom is 0.260 e. The molecule has 0 bridgehead atoms. The SMILES string of the molecule is O=c1[nH]c2sc(Cl)c(-c3ccc4c(c3O)CCCC4)c2c(O)c1-c1cccc(F)c1. The first-order chi connectivity index (χ1) is 14.5. The third kappa shape index (κ3) is 2.90. The van der Waals surface area contributed by atoms with Crippen LogP contribution in [0.1, 0.15) is 24.0 Å². The molecule has 0 radical (unpaired) electrons. The molecule has 1 aliphatic rings. The molecule has 0 aliphatic heterocycles. The third-order valence-electron chi connectivity index (χ3n) is 5.68. The van der Waals surface area contributed by atoms with Crippen LogP contribution in [0.25, 0.3) is 32.5 Å². The van der Waals surface area contributed by atoms with E-state index < -0.39 is 11.4 Å². The Kier molecular flexibility index (Phi) is 4.56. The highest BCUT2D eigenvalue weighted by atomic mass is 35.5. The van der Waals surface area contributed by atoms with Gasteiger partial charge < -0.3 is 15.2 Å². The Bertz CT molecular complexity index is 1380. The van der Waals surface area contributed by atoms with Crippen LogP contribution in [0.4, 0.5) is 4.39 Å². The molecule has 0 saturated carbocycles. The number of thiophene rings is 1. The molecule has 2 aromatic carbocycles. The van der Waals surface area contributed by atoms with Gasteiger partial charge in [0.25, 0.3) is 5.56 Å². The van der Waals surface area contributed by atoms with Gasteiger partial charge in [-0.1, -0.05) is 35.9 Å². The number of benzene rings is 2. The number of pyridine rings is 1. The summed E-state index contributed by atoms with van der Waals surface area (Å²) >= 11 is 7.64. The van der Waals surface area contributed by atoms with E-state index in [4.69, 9.17) is 11.6 Å². The Balaban J connectivity index is 1.82. The van der Waals surface area contributed by atoms with Gasteiger partial charge in [-0.2, -0.15) is 0 Å².